The van der Waals surface area contributed by atoms with Crippen LogP contribution in [0.3, 0.4) is 0 Å². The van der Waals surface area contributed by atoms with E-state index in [1.807, 2.05) is 6.07 Å². The number of nitrogens with one attached hydrogen (secondary N) is 2. The zero-order valence-electron chi connectivity index (χ0n) is 15.8. The number of rotatable bonds is 4. The first kappa shape index (κ1) is 19.0. The molecule has 4 rings (SSSR count). The zero-order valence-corrected chi connectivity index (χ0v) is 15.8. The molecule has 9 heteroatoms. The molecule has 1 saturated heterocycles. The number of carbonyl (C=O) groups is 1. The van der Waals surface area contributed by atoms with Gasteiger partial charge in [-0.2, -0.15) is 5.10 Å². The molecule has 150 valence electrons. The maximum Gasteiger partial charge on any atom is 0.260 e. The normalized spacial score (nSPS) is 14.8. The predicted molar refractivity (Wildman–Crippen MR) is 106 cm³/mol. The fourth-order valence-electron chi connectivity index (χ4n) is 3.28. The van der Waals surface area contributed by atoms with E-state index in [4.69, 9.17) is 0 Å². The second-order valence-electron chi connectivity index (χ2n) is 6.90. The van der Waals surface area contributed by atoms with Gasteiger partial charge in [-0.25, -0.2) is 13.8 Å². The Hall–Kier alpha value is -3.33. The lowest BCUT2D eigenvalue weighted by molar-refractivity contribution is 0.102. The fourth-order valence-corrected chi connectivity index (χ4v) is 3.28. The molecule has 1 aliphatic rings. The third-order valence-corrected chi connectivity index (χ3v) is 4.95. The van der Waals surface area contributed by atoms with Gasteiger partial charge in [0, 0.05) is 26.2 Å². The second kappa shape index (κ2) is 7.96. The number of anilines is 2. The molecule has 0 radical (unpaired) electrons. The van der Waals surface area contributed by atoms with Crippen LogP contribution in [0.25, 0.3) is 11.3 Å². The summed E-state index contributed by atoms with van der Waals surface area (Å²) >= 11 is 0. The molecule has 0 unspecified atom stereocenters. The van der Waals surface area contributed by atoms with Gasteiger partial charge < -0.3 is 15.1 Å². The number of likely N-dealkylation sites (N-methyl/N-ethyl adjacent to an activating group) is 1. The molecule has 0 bridgehead atoms. The predicted octanol–water partition coefficient (Wildman–Crippen LogP) is 2.75. The van der Waals surface area contributed by atoms with Crippen molar-refractivity contribution in [1.82, 2.24) is 20.1 Å². The maximum absolute atomic E-state index is 14.1. The highest BCUT2D eigenvalue weighted by Gasteiger charge is 2.21. The summed E-state index contributed by atoms with van der Waals surface area (Å²) in [7, 11) is 2.09. The number of nitrogens with zero attached hydrogens (tertiary/aromatic N) is 4. The summed E-state index contributed by atoms with van der Waals surface area (Å²) in [5.41, 5.74) is 0.660. The lowest BCUT2D eigenvalue weighted by Crippen LogP contribution is -2.44. The first-order valence-electron chi connectivity index (χ1n) is 9.21. The van der Waals surface area contributed by atoms with E-state index in [0.29, 0.717) is 5.82 Å². The topological polar surface area (TPSA) is 77.1 Å². The Morgan fingerprint density at radius 2 is 1.79 bits per heavy atom. The average molecular weight is 398 g/mol. The van der Waals surface area contributed by atoms with Gasteiger partial charge in [0.15, 0.2) is 0 Å². The Bertz CT molecular complexity index is 992. The minimum atomic E-state index is -0.780. The summed E-state index contributed by atoms with van der Waals surface area (Å²) < 4.78 is 28.2. The first-order valence-corrected chi connectivity index (χ1v) is 9.21. The van der Waals surface area contributed by atoms with Crippen LogP contribution < -0.4 is 10.2 Å². The monoisotopic (exact) mass is 398 g/mol. The van der Waals surface area contributed by atoms with E-state index in [-0.39, 0.29) is 16.8 Å². The SMILES string of the molecule is CN1CCN(c2ccc(NC(=O)c3cn[nH]c3-c3c(F)cccc3F)nc2)CC1. The summed E-state index contributed by atoms with van der Waals surface area (Å²) in [5.74, 6) is -1.78. The number of aromatic amines is 1. The van der Waals surface area contributed by atoms with E-state index >= 15 is 0 Å². The third-order valence-electron chi connectivity index (χ3n) is 4.95. The molecule has 3 aromatic rings. The zero-order chi connectivity index (χ0) is 20.4. The molecule has 1 aliphatic heterocycles. The number of amides is 1. The minimum absolute atomic E-state index is 0.0212. The van der Waals surface area contributed by atoms with E-state index in [1.165, 1.54) is 12.3 Å². The summed E-state index contributed by atoms with van der Waals surface area (Å²) in [6.07, 6.45) is 2.93. The number of pyridine rings is 1. The van der Waals surface area contributed by atoms with Gasteiger partial charge in [0.2, 0.25) is 0 Å². The highest BCUT2D eigenvalue weighted by molar-refractivity contribution is 6.07. The van der Waals surface area contributed by atoms with Crippen LogP contribution in [0.15, 0.2) is 42.7 Å². The molecule has 2 N–H and O–H groups in total. The third kappa shape index (κ3) is 3.95. The van der Waals surface area contributed by atoms with Crippen LogP contribution in [-0.2, 0) is 0 Å². The summed E-state index contributed by atoms with van der Waals surface area (Å²) in [6.45, 7) is 3.79. The van der Waals surface area contributed by atoms with Crippen molar-refractivity contribution in [2.45, 2.75) is 0 Å². The van der Waals surface area contributed by atoms with Gasteiger partial charge in [0.25, 0.3) is 5.91 Å². The van der Waals surface area contributed by atoms with Crippen LogP contribution in [-0.4, -0.2) is 59.2 Å². The van der Waals surface area contributed by atoms with Crippen LogP contribution in [0.1, 0.15) is 10.4 Å². The molecule has 2 aromatic heterocycles. The Morgan fingerprint density at radius 3 is 2.45 bits per heavy atom. The number of benzene rings is 1. The summed E-state index contributed by atoms with van der Waals surface area (Å²) in [5, 5.41) is 8.93. The van der Waals surface area contributed by atoms with Gasteiger partial charge in [-0.3, -0.25) is 9.89 Å². The minimum Gasteiger partial charge on any atom is -0.368 e. The van der Waals surface area contributed by atoms with Crippen LogP contribution >= 0.6 is 0 Å². The second-order valence-corrected chi connectivity index (χ2v) is 6.90. The van der Waals surface area contributed by atoms with E-state index < -0.39 is 17.5 Å². The summed E-state index contributed by atoms with van der Waals surface area (Å²) in [4.78, 5) is 21.4. The number of carbonyl (C=O) groups excluding carboxylic acids is 1. The molecule has 0 spiro atoms. The largest absolute Gasteiger partial charge is 0.368 e. The van der Waals surface area contributed by atoms with E-state index in [0.717, 1.165) is 44.0 Å². The van der Waals surface area contributed by atoms with E-state index in [9.17, 15) is 13.6 Å². The number of halogens is 2. The Morgan fingerprint density at radius 1 is 1.07 bits per heavy atom. The molecule has 7 nitrogen and oxygen atoms in total. The van der Waals surface area contributed by atoms with Crippen molar-refractivity contribution in [2.24, 2.45) is 0 Å². The first-order chi connectivity index (χ1) is 14.0. The fraction of sp³-hybridized carbons (Fsp3) is 0.250. The molecular formula is C20H20F2N6O. The summed E-state index contributed by atoms with van der Waals surface area (Å²) in [6, 6.07) is 7.10. The van der Waals surface area contributed by atoms with Crippen molar-refractivity contribution in [2.75, 3.05) is 43.4 Å². The van der Waals surface area contributed by atoms with Gasteiger partial charge in [-0.05, 0) is 31.3 Å². The van der Waals surface area contributed by atoms with Gasteiger partial charge in [-0.1, -0.05) is 6.07 Å². The van der Waals surface area contributed by atoms with Gasteiger partial charge in [0.1, 0.15) is 17.5 Å². The number of hydrogen-bond acceptors (Lipinski definition) is 5. The van der Waals surface area contributed by atoms with Crippen molar-refractivity contribution in [3.63, 3.8) is 0 Å². The Kier molecular flexibility index (Phi) is 5.22. The van der Waals surface area contributed by atoms with Crippen molar-refractivity contribution in [1.29, 1.82) is 0 Å². The van der Waals surface area contributed by atoms with Crippen molar-refractivity contribution in [3.8, 4) is 11.3 Å². The van der Waals surface area contributed by atoms with Crippen molar-refractivity contribution < 1.29 is 13.6 Å². The Labute approximate surface area is 166 Å². The van der Waals surface area contributed by atoms with Crippen molar-refractivity contribution >= 4 is 17.4 Å². The number of hydrogen-bond donors (Lipinski definition) is 2. The number of H-pyrrole nitrogens is 1. The highest BCUT2D eigenvalue weighted by atomic mass is 19.1. The quantitative estimate of drug-likeness (QED) is 0.707. The van der Waals surface area contributed by atoms with Crippen LogP contribution in [0.5, 0.6) is 0 Å². The van der Waals surface area contributed by atoms with Crippen LogP contribution in [0, 0.1) is 11.6 Å². The molecule has 0 saturated carbocycles. The van der Waals surface area contributed by atoms with E-state index in [1.54, 1.807) is 12.3 Å². The molecule has 1 aromatic carbocycles. The lowest BCUT2D eigenvalue weighted by Gasteiger charge is -2.33. The van der Waals surface area contributed by atoms with Gasteiger partial charge in [-0.15, -0.1) is 0 Å². The molecule has 1 fully saturated rings. The molecule has 0 atom stereocenters. The average Bonchev–Trinajstić information content (AvgIpc) is 3.19. The van der Waals surface area contributed by atoms with Crippen molar-refractivity contribution in [3.05, 3.63) is 59.9 Å². The molecule has 3 heterocycles. The smallest absolute Gasteiger partial charge is 0.260 e. The Balaban J connectivity index is 1.50. The number of aromatic nitrogens is 3. The number of piperazine rings is 1. The van der Waals surface area contributed by atoms with Gasteiger partial charge >= 0.3 is 0 Å². The molecule has 29 heavy (non-hydrogen) atoms. The van der Waals surface area contributed by atoms with Crippen LogP contribution in [0.4, 0.5) is 20.3 Å². The highest BCUT2D eigenvalue weighted by Crippen LogP contribution is 2.27. The van der Waals surface area contributed by atoms with E-state index in [2.05, 4.69) is 37.3 Å². The van der Waals surface area contributed by atoms with Crippen LogP contribution in [0.2, 0.25) is 0 Å². The maximum atomic E-state index is 14.1. The van der Waals surface area contributed by atoms with Gasteiger partial charge in [0.05, 0.1) is 34.9 Å². The molecular weight excluding hydrogens is 378 g/mol. The lowest BCUT2D eigenvalue weighted by atomic mass is 10.1. The molecule has 1 amide bonds. The standard InChI is InChI=1S/C20H20F2N6O/c1-27-7-9-28(10-8-27)13-5-6-17(23-11-13)25-20(29)14-12-24-26-19(14)18-15(21)3-2-4-16(18)22/h2-6,11-12H,7-10H2,1H3,(H,24,26)(H,23,25,29). The molecule has 0 aliphatic carbocycles.